The van der Waals surface area contributed by atoms with Gasteiger partial charge in [0.2, 0.25) is 5.95 Å². The summed E-state index contributed by atoms with van der Waals surface area (Å²) in [6, 6.07) is 1.74. The molecule has 6 heterocycles. The van der Waals surface area contributed by atoms with Crippen molar-refractivity contribution in [1.82, 2.24) is 34.1 Å². The summed E-state index contributed by atoms with van der Waals surface area (Å²) in [5, 5.41) is 10.1. The number of hydrogen-bond acceptors (Lipinski definition) is 13. The number of aromatic nitrogens is 7. The zero-order valence-electron chi connectivity index (χ0n) is 22.1. The van der Waals surface area contributed by atoms with Gasteiger partial charge in [0, 0.05) is 36.8 Å². The van der Waals surface area contributed by atoms with E-state index in [9.17, 15) is 10.1 Å². The molecule has 4 aromatic heterocycles. The van der Waals surface area contributed by atoms with Crippen LogP contribution in [0, 0.1) is 5.92 Å². The number of halogens is 1. The second-order valence-corrected chi connectivity index (χ2v) is 11.4. The van der Waals surface area contributed by atoms with Crippen LogP contribution in [0.3, 0.4) is 0 Å². The van der Waals surface area contributed by atoms with Gasteiger partial charge in [0.25, 0.3) is 5.56 Å². The van der Waals surface area contributed by atoms with Gasteiger partial charge in [0.05, 0.1) is 37.1 Å². The Morgan fingerprint density at radius 3 is 2.86 bits per heavy atom. The maximum absolute atomic E-state index is 15.8. The predicted molar refractivity (Wildman–Crippen MR) is 152 cm³/mol. The third kappa shape index (κ3) is 5.47. The molecule has 6 rings (SSSR count). The van der Waals surface area contributed by atoms with Gasteiger partial charge in [0.15, 0.2) is 29.8 Å². The van der Waals surface area contributed by atoms with Crippen LogP contribution >= 0.6 is 18.3 Å². The molecule has 0 radical (unpaired) electrons. The molecule has 0 bridgehead atoms. The highest BCUT2D eigenvalue weighted by Crippen LogP contribution is 2.41. The third-order valence-electron chi connectivity index (χ3n) is 7.50. The summed E-state index contributed by atoms with van der Waals surface area (Å²) in [7, 11) is 2.24. The molecule has 0 saturated carbocycles. The number of nitrogens with two attached hydrogens (primary N) is 2. The molecule has 2 aliphatic heterocycles. The fraction of sp³-hybridized carbons (Fsp3) is 0.522. The van der Waals surface area contributed by atoms with Crippen molar-refractivity contribution in [2.75, 3.05) is 30.8 Å². The van der Waals surface area contributed by atoms with E-state index in [4.69, 9.17) is 30.0 Å². The van der Waals surface area contributed by atoms with Gasteiger partial charge >= 0.3 is 0 Å². The Balaban J connectivity index is 1.04. The molecular formula is C23H30FN9O7P2. The van der Waals surface area contributed by atoms with Gasteiger partial charge in [-0.15, -0.1) is 0 Å². The number of nitrogens with one attached hydrogen (secondary N) is 1. The molecule has 226 valence electrons. The Labute approximate surface area is 241 Å². The van der Waals surface area contributed by atoms with Crippen molar-refractivity contribution in [3.8, 4) is 0 Å². The number of alkyl halides is 1. The van der Waals surface area contributed by atoms with E-state index in [1.807, 2.05) is 0 Å². The summed E-state index contributed by atoms with van der Waals surface area (Å²) in [5.74, 6) is -0.187. The molecule has 2 unspecified atom stereocenters. The first kappa shape index (κ1) is 29.2. The van der Waals surface area contributed by atoms with E-state index < -0.39 is 48.4 Å². The highest BCUT2D eigenvalue weighted by Gasteiger charge is 2.46. The Bertz CT molecular complexity index is 1610. The lowest BCUT2D eigenvalue weighted by Gasteiger charge is -2.19. The van der Waals surface area contributed by atoms with Gasteiger partial charge in [-0.1, -0.05) is 0 Å². The lowest BCUT2D eigenvalue weighted by molar-refractivity contribution is -0.293. The highest BCUT2D eigenvalue weighted by molar-refractivity contribution is 7.32. The molecular weight excluding hydrogens is 595 g/mol. The molecule has 0 amide bonds. The van der Waals surface area contributed by atoms with E-state index in [1.165, 1.54) is 17.2 Å². The Kier molecular flexibility index (Phi) is 8.61. The number of imidazole rings is 1. The van der Waals surface area contributed by atoms with E-state index in [0.717, 1.165) is 0 Å². The number of aromatic amines is 1. The smallest absolute Gasteiger partial charge is 0.280 e. The van der Waals surface area contributed by atoms with Crippen LogP contribution < -0.4 is 17.0 Å². The molecule has 6 N–H and O–H groups in total. The fourth-order valence-corrected chi connectivity index (χ4v) is 6.62. The summed E-state index contributed by atoms with van der Waals surface area (Å²) < 4.78 is 42.1. The summed E-state index contributed by atoms with van der Waals surface area (Å²) in [6.07, 6.45) is 1.20. The minimum atomic E-state index is -1.31. The summed E-state index contributed by atoms with van der Waals surface area (Å²) in [6.45, 7) is 0.427. The van der Waals surface area contributed by atoms with Gasteiger partial charge in [-0.05, 0) is 18.6 Å². The van der Waals surface area contributed by atoms with Crippen LogP contribution in [0.1, 0.15) is 25.3 Å². The number of hydrogen-bond donors (Lipinski definition) is 4. The van der Waals surface area contributed by atoms with E-state index in [2.05, 4.69) is 39.3 Å². The van der Waals surface area contributed by atoms with Crippen LogP contribution in [0.25, 0.3) is 22.2 Å². The molecule has 2 saturated heterocycles. The first-order chi connectivity index (χ1) is 20.4. The lowest BCUT2D eigenvalue weighted by atomic mass is 9.96. The monoisotopic (exact) mass is 625 g/mol. The van der Waals surface area contributed by atoms with Crippen LogP contribution in [-0.4, -0.2) is 83.2 Å². The zero-order chi connectivity index (χ0) is 29.4. The molecule has 2 fully saturated rings. The predicted octanol–water partition coefficient (Wildman–Crippen LogP) is 1.53. The van der Waals surface area contributed by atoms with Gasteiger partial charge in [-0.25, -0.2) is 24.2 Å². The second kappa shape index (κ2) is 12.4. The van der Waals surface area contributed by atoms with Gasteiger partial charge < -0.3 is 34.6 Å². The minimum absolute atomic E-state index is 0.0642. The molecule has 16 nitrogen and oxygen atoms in total. The Morgan fingerprint density at radius 2 is 2.05 bits per heavy atom. The van der Waals surface area contributed by atoms with Crippen molar-refractivity contribution < 1.29 is 33.1 Å². The second-order valence-electron chi connectivity index (χ2n) is 10.0. The number of ether oxygens (including phenoxy) is 2. The number of nitrogens with zero attached hydrogens (tertiary/aromatic N) is 6. The standard InChI is InChI=1S/C23H30FN9O7P2/c24-15-11(14(7-36-41)39-22(15)32-3-1-12-17(25)27-8-28-18(12)32)2-4-42-37-6-10-5-13(40-35)21(38-10)33-9-29-16-19(33)30-23(26)31-20(16)34/h1,3,8-11,13-15,21-22,35,42H,2,4-7,41H2,(H2,25,27,28)(H3,26,30,31,34)/t10-,11+,13+,14+,15-,21+,22+/m0/s1. The summed E-state index contributed by atoms with van der Waals surface area (Å²) in [4.78, 5) is 35.6. The van der Waals surface area contributed by atoms with Crippen molar-refractivity contribution in [2.45, 2.75) is 49.8 Å². The Morgan fingerprint density at radius 1 is 1.19 bits per heavy atom. The van der Waals surface area contributed by atoms with Gasteiger partial charge in [-0.2, -0.15) is 4.98 Å². The normalized spacial score (nSPS) is 28.2. The maximum atomic E-state index is 15.8. The molecule has 2 aliphatic rings. The number of anilines is 2. The lowest BCUT2D eigenvalue weighted by Crippen LogP contribution is -2.26. The van der Waals surface area contributed by atoms with E-state index in [0.29, 0.717) is 35.9 Å². The molecule has 0 aliphatic carbocycles. The van der Waals surface area contributed by atoms with Crippen LogP contribution in [-0.2, 0) is 23.4 Å². The van der Waals surface area contributed by atoms with Crippen LogP contribution in [0.15, 0.2) is 29.7 Å². The fourth-order valence-electron chi connectivity index (χ4n) is 5.53. The summed E-state index contributed by atoms with van der Waals surface area (Å²) in [5.41, 5.74) is 11.9. The van der Waals surface area contributed by atoms with Crippen molar-refractivity contribution >= 4 is 52.2 Å². The topological polar surface area (TPSA) is 213 Å². The maximum Gasteiger partial charge on any atom is 0.280 e. The van der Waals surface area contributed by atoms with Crippen molar-refractivity contribution in [1.29, 1.82) is 0 Å². The van der Waals surface area contributed by atoms with E-state index >= 15 is 4.39 Å². The quantitative estimate of drug-likeness (QED) is 0.0807. The number of nitrogen functional groups attached to an aromatic ring is 2. The summed E-state index contributed by atoms with van der Waals surface area (Å²) >= 11 is 0. The van der Waals surface area contributed by atoms with Gasteiger partial charge in [-0.3, -0.25) is 19.6 Å². The van der Waals surface area contributed by atoms with Crippen molar-refractivity contribution in [3.63, 3.8) is 0 Å². The molecule has 19 heteroatoms. The molecule has 0 aromatic carbocycles. The first-order valence-corrected chi connectivity index (χ1v) is 14.7. The van der Waals surface area contributed by atoms with Crippen molar-refractivity contribution in [3.05, 3.63) is 35.3 Å². The van der Waals surface area contributed by atoms with Gasteiger partial charge in [0.1, 0.15) is 23.9 Å². The van der Waals surface area contributed by atoms with Crippen LogP contribution in [0.2, 0.25) is 0 Å². The molecule has 4 aromatic rings. The molecule has 0 spiro atoms. The average Bonchev–Trinajstić information content (AvgIpc) is 3.74. The number of fused-ring (bicyclic) bond motifs is 2. The van der Waals surface area contributed by atoms with Crippen LogP contribution in [0.4, 0.5) is 16.2 Å². The third-order valence-corrected chi connectivity index (χ3v) is 8.56. The first-order valence-electron chi connectivity index (χ1n) is 13.1. The van der Waals surface area contributed by atoms with Crippen molar-refractivity contribution in [2.24, 2.45) is 5.92 Å². The Hall–Kier alpha value is -2.88. The molecule has 42 heavy (non-hydrogen) atoms. The molecule has 9 atom stereocenters. The van der Waals surface area contributed by atoms with E-state index in [-0.39, 0.29) is 39.1 Å². The van der Waals surface area contributed by atoms with E-state index in [1.54, 1.807) is 16.8 Å². The highest BCUT2D eigenvalue weighted by atomic mass is 31.1. The zero-order valence-corrected chi connectivity index (χ0v) is 24.2. The average molecular weight is 625 g/mol. The number of H-pyrrole nitrogens is 1. The minimum Gasteiger partial charge on any atom is -0.383 e. The largest absolute Gasteiger partial charge is 0.383 e. The SMILES string of the molecule is Nc1nc2c(ncn2[C@@H]2O[C@H](COPCC[C@H]3[C@H](F)[C@H](n4ccc5c(N)ncnc54)O[C@@H]3COP)C[C@H]2OO)c(=O)[nH]1. The van der Waals surface area contributed by atoms with Crippen LogP contribution in [0.5, 0.6) is 0 Å². The number of rotatable bonds is 11.